The second-order valence-corrected chi connectivity index (χ2v) is 4.60. The van der Waals surface area contributed by atoms with E-state index in [1.165, 1.54) is 24.3 Å². The number of nitriles is 2. The summed E-state index contributed by atoms with van der Waals surface area (Å²) in [4.78, 5) is 11.9. The van der Waals surface area contributed by atoms with Gasteiger partial charge in [-0.1, -0.05) is 37.4 Å². The monoisotopic (exact) mass is 316 g/mol. The van der Waals surface area contributed by atoms with E-state index in [0.717, 1.165) is 11.1 Å². The zero-order valence-electron chi connectivity index (χ0n) is 12.7. The number of rotatable bonds is 4. The highest BCUT2D eigenvalue weighted by molar-refractivity contribution is 5.70. The van der Waals surface area contributed by atoms with Crippen molar-refractivity contribution in [1.29, 1.82) is 10.5 Å². The maximum absolute atomic E-state index is 11.9. The first kappa shape index (κ1) is 16.5. The van der Waals surface area contributed by atoms with Crippen molar-refractivity contribution < 1.29 is 14.3 Å². The van der Waals surface area contributed by atoms with Gasteiger partial charge in [0.15, 0.2) is 11.5 Å². The highest BCUT2D eigenvalue weighted by Gasteiger charge is 2.14. The minimum absolute atomic E-state index is 0.0642. The van der Waals surface area contributed by atoms with E-state index in [1.54, 1.807) is 24.3 Å². The third kappa shape index (κ3) is 3.68. The Morgan fingerprint density at radius 1 is 0.875 bits per heavy atom. The van der Waals surface area contributed by atoms with Gasteiger partial charge in [0.2, 0.25) is 0 Å². The summed E-state index contributed by atoms with van der Waals surface area (Å²) in [6, 6.07) is 13.2. The zero-order valence-corrected chi connectivity index (χ0v) is 12.7. The maximum atomic E-state index is 11.9. The second-order valence-electron chi connectivity index (χ2n) is 4.60. The summed E-state index contributed by atoms with van der Waals surface area (Å²) in [5.74, 6) is 0.128. The van der Waals surface area contributed by atoms with Gasteiger partial charge in [-0.15, -0.1) is 0 Å². The van der Waals surface area contributed by atoms with Gasteiger partial charge in [-0.2, -0.15) is 10.5 Å². The number of hydrogen-bond donors (Lipinski definition) is 0. The van der Waals surface area contributed by atoms with E-state index >= 15 is 0 Å². The van der Waals surface area contributed by atoms with Crippen LogP contribution in [0.5, 0.6) is 11.5 Å². The van der Waals surface area contributed by atoms with E-state index in [1.807, 2.05) is 12.1 Å². The van der Waals surface area contributed by atoms with Gasteiger partial charge in [0.1, 0.15) is 12.1 Å². The fraction of sp³-hybridized carbons (Fsp3) is 0. The Bertz CT molecular complexity index is 828. The topological polar surface area (TPSA) is 83.1 Å². The maximum Gasteiger partial charge on any atom is 0.519 e. The molecule has 2 aromatic carbocycles. The summed E-state index contributed by atoms with van der Waals surface area (Å²) in [5.41, 5.74) is 1.79. The summed E-state index contributed by atoms with van der Waals surface area (Å²) < 4.78 is 10.1. The first-order valence-corrected chi connectivity index (χ1v) is 6.84. The van der Waals surface area contributed by atoms with Gasteiger partial charge in [-0.25, -0.2) is 4.79 Å². The Morgan fingerprint density at radius 2 is 1.29 bits per heavy atom. The summed E-state index contributed by atoms with van der Waals surface area (Å²) in [6.45, 7) is 7.21. The molecule has 5 nitrogen and oxygen atoms in total. The van der Waals surface area contributed by atoms with Crippen molar-refractivity contribution in [2.24, 2.45) is 0 Å². The predicted octanol–water partition coefficient (Wildman–Crippen LogP) is 4.29. The summed E-state index contributed by atoms with van der Waals surface area (Å²) in [6.07, 6.45) is 2.10. The molecule has 0 unspecified atom stereocenters. The minimum atomic E-state index is -1.04. The Morgan fingerprint density at radius 3 is 1.62 bits per heavy atom. The first-order valence-electron chi connectivity index (χ1n) is 6.84. The van der Waals surface area contributed by atoms with Crippen molar-refractivity contribution in [3.05, 3.63) is 71.8 Å². The number of carbonyl (C=O) groups excluding carboxylic acids is 1. The van der Waals surface area contributed by atoms with E-state index in [9.17, 15) is 4.79 Å². The lowest BCUT2D eigenvalue weighted by Gasteiger charge is -2.08. The van der Waals surface area contributed by atoms with Gasteiger partial charge in [0.05, 0.1) is 11.1 Å². The fourth-order valence-electron chi connectivity index (χ4n) is 1.90. The van der Waals surface area contributed by atoms with E-state index < -0.39 is 6.16 Å². The number of benzene rings is 2. The number of hydrogen-bond acceptors (Lipinski definition) is 5. The summed E-state index contributed by atoms with van der Waals surface area (Å²) in [5, 5.41) is 18.2. The molecule has 0 spiro atoms. The van der Waals surface area contributed by atoms with Crippen LogP contribution in [0.4, 0.5) is 4.79 Å². The molecule has 24 heavy (non-hydrogen) atoms. The van der Waals surface area contributed by atoms with Crippen molar-refractivity contribution in [2.75, 3.05) is 0 Å². The van der Waals surface area contributed by atoms with Crippen LogP contribution in [0.2, 0.25) is 0 Å². The number of ether oxygens (including phenoxy) is 2. The third-order valence-corrected chi connectivity index (χ3v) is 3.11. The molecule has 0 N–H and O–H groups in total. The highest BCUT2D eigenvalue weighted by atomic mass is 16.7. The van der Waals surface area contributed by atoms with E-state index in [2.05, 4.69) is 13.2 Å². The lowest BCUT2D eigenvalue weighted by molar-refractivity contribution is 0.151. The molecule has 0 atom stereocenters. The molecule has 0 bridgehead atoms. The van der Waals surface area contributed by atoms with Crippen LogP contribution in [0, 0.1) is 22.7 Å². The number of carbonyl (C=O) groups is 1. The molecule has 0 fully saturated rings. The molecule has 0 saturated heterocycles. The van der Waals surface area contributed by atoms with Crippen LogP contribution in [0.25, 0.3) is 12.2 Å². The zero-order chi connectivity index (χ0) is 17.5. The molecule has 0 aromatic heterocycles. The molecule has 0 aliphatic heterocycles. The highest BCUT2D eigenvalue weighted by Crippen LogP contribution is 2.23. The molecule has 0 aliphatic rings. The smallest absolute Gasteiger partial charge is 0.393 e. The van der Waals surface area contributed by atoms with Crippen LogP contribution in [0.15, 0.2) is 49.6 Å². The average Bonchev–Trinajstić information content (AvgIpc) is 2.62. The van der Waals surface area contributed by atoms with Gasteiger partial charge in [-0.3, -0.25) is 0 Å². The van der Waals surface area contributed by atoms with Gasteiger partial charge >= 0.3 is 6.16 Å². The fourth-order valence-corrected chi connectivity index (χ4v) is 1.90. The number of nitrogens with zero attached hydrogens (tertiary/aromatic N) is 2. The Labute approximate surface area is 139 Å². The van der Waals surface area contributed by atoms with Crippen LogP contribution in [-0.2, 0) is 0 Å². The quantitative estimate of drug-likeness (QED) is 0.620. The lowest BCUT2D eigenvalue weighted by Crippen LogP contribution is -2.15. The van der Waals surface area contributed by atoms with Crippen molar-refractivity contribution in [3.63, 3.8) is 0 Å². The van der Waals surface area contributed by atoms with Crippen LogP contribution >= 0.6 is 0 Å². The van der Waals surface area contributed by atoms with Gasteiger partial charge in [0.25, 0.3) is 0 Å². The van der Waals surface area contributed by atoms with Crippen LogP contribution in [0.1, 0.15) is 22.3 Å². The average molecular weight is 316 g/mol. The second kappa shape index (κ2) is 7.44. The normalized spacial score (nSPS) is 9.25. The minimum Gasteiger partial charge on any atom is -0.393 e. The Balaban J connectivity index is 2.20. The first-order chi connectivity index (χ1) is 11.6. The molecule has 2 aromatic rings. The standard InChI is InChI=1S/C19H12N2O3/c1-3-13-5-7-17(15(9-13)11-20)23-19(22)24-18-8-6-14(4-2)10-16(18)12-21/h3-10H,1-2H2. The van der Waals surface area contributed by atoms with Gasteiger partial charge in [0, 0.05) is 0 Å². The third-order valence-electron chi connectivity index (χ3n) is 3.11. The molecule has 0 aliphatic carbocycles. The molecule has 0 saturated carbocycles. The molecule has 0 radical (unpaired) electrons. The summed E-state index contributed by atoms with van der Waals surface area (Å²) in [7, 11) is 0. The molecule has 0 heterocycles. The SMILES string of the molecule is C=Cc1ccc(OC(=O)Oc2ccc(C=C)cc2C#N)c(C#N)c1. The van der Waals surface area contributed by atoms with E-state index in [4.69, 9.17) is 20.0 Å². The molecule has 116 valence electrons. The van der Waals surface area contributed by atoms with Crippen molar-refractivity contribution >= 4 is 18.3 Å². The Kier molecular flexibility index (Phi) is 5.13. The molecule has 5 heteroatoms. The molecular formula is C19H12N2O3. The van der Waals surface area contributed by atoms with Gasteiger partial charge < -0.3 is 9.47 Å². The van der Waals surface area contributed by atoms with Crippen LogP contribution < -0.4 is 9.47 Å². The van der Waals surface area contributed by atoms with E-state index in [0.29, 0.717) is 0 Å². The van der Waals surface area contributed by atoms with Crippen molar-refractivity contribution in [2.45, 2.75) is 0 Å². The lowest BCUT2D eigenvalue weighted by atomic mass is 10.1. The van der Waals surface area contributed by atoms with Crippen molar-refractivity contribution in [3.8, 4) is 23.6 Å². The summed E-state index contributed by atoms with van der Waals surface area (Å²) >= 11 is 0. The van der Waals surface area contributed by atoms with E-state index in [-0.39, 0.29) is 22.6 Å². The van der Waals surface area contributed by atoms with Crippen molar-refractivity contribution in [1.82, 2.24) is 0 Å². The predicted molar refractivity (Wildman–Crippen MR) is 89.1 cm³/mol. The molecular weight excluding hydrogens is 304 g/mol. The van der Waals surface area contributed by atoms with Crippen LogP contribution in [-0.4, -0.2) is 6.16 Å². The largest absolute Gasteiger partial charge is 0.519 e. The molecule has 2 rings (SSSR count). The van der Waals surface area contributed by atoms with Crippen LogP contribution in [0.3, 0.4) is 0 Å². The van der Waals surface area contributed by atoms with Gasteiger partial charge in [-0.05, 0) is 35.4 Å². The molecule has 0 amide bonds. The Hall–Kier alpha value is -3.83.